The predicted octanol–water partition coefficient (Wildman–Crippen LogP) is 3.54. The normalized spacial score (nSPS) is 11.9. The van der Waals surface area contributed by atoms with Crippen LogP contribution in [0, 0.1) is 5.92 Å². The second kappa shape index (κ2) is 7.86. The first kappa shape index (κ1) is 20.8. The summed E-state index contributed by atoms with van der Waals surface area (Å²) in [4.78, 5) is 37.9. The highest BCUT2D eigenvalue weighted by Gasteiger charge is 2.33. The zero-order chi connectivity index (χ0) is 21.3. The monoisotopic (exact) mass is 425 g/mol. The van der Waals surface area contributed by atoms with E-state index < -0.39 is 41.1 Å². The van der Waals surface area contributed by atoms with E-state index in [0.29, 0.717) is 4.70 Å². The molecule has 0 unspecified atom stereocenters. The molecule has 0 radical (unpaired) electrons. The van der Waals surface area contributed by atoms with Crippen LogP contribution in [0.3, 0.4) is 0 Å². The van der Waals surface area contributed by atoms with Crippen molar-refractivity contribution in [2.45, 2.75) is 33.1 Å². The lowest BCUT2D eigenvalue weighted by Crippen LogP contribution is -2.42. The van der Waals surface area contributed by atoms with Gasteiger partial charge in [-0.2, -0.15) is 13.2 Å². The van der Waals surface area contributed by atoms with E-state index in [0.717, 1.165) is 32.6 Å². The molecule has 10 heteroatoms. The maximum atomic E-state index is 13.1. The number of anilines is 1. The molecular weight excluding hydrogens is 407 g/mol. The molecule has 0 atom stereocenters. The van der Waals surface area contributed by atoms with E-state index in [9.17, 15) is 27.6 Å². The number of carbonyl (C=O) groups is 1. The third-order valence-electron chi connectivity index (χ3n) is 4.19. The highest BCUT2D eigenvalue weighted by molar-refractivity contribution is 7.17. The second-order valence-electron chi connectivity index (χ2n) is 6.90. The number of fused-ring (bicyclic) bond motifs is 1. The van der Waals surface area contributed by atoms with Gasteiger partial charge in [-0.15, -0.1) is 11.3 Å². The van der Waals surface area contributed by atoms with Crippen molar-refractivity contribution in [1.29, 1.82) is 0 Å². The maximum absolute atomic E-state index is 13.1. The van der Waals surface area contributed by atoms with E-state index in [4.69, 9.17) is 0 Å². The van der Waals surface area contributed by atoms with Crippen LogP contribution in [-0.4, -0.2) is 15.0 Å². The third-order valence-corrected chi connectivity index (χ3v) is 5.08. The van der Waals surface area contributed by atoms with Crippen LogP contribution in [0.5, 0.6) is 0 Å². The molecule has 1 aromatic carbocycles. The first-order valence-corrected chi connectivity index (χ1v) is 9.64. The second-order valence-corrected chi connectivity index (χ2v) is 7.82. The number of alkyl halides is 3. The number of carbonyl (C=O) groups excluding carboxylic acids is 1. The van der Waals surface area contributed by atoms with Crippen molar-refractivity contribution in [2.24, 2.45) is 5.92 Å². The summed E-state index contributed by atoms with van der Waals surface area (Å²) in [5, 5.41) is 3.85. The zero-order valence-corrected chi connectivity index (χ0v) is 16.4. The molecule has 0 saturated carbocycles. The number of nitrogens with one attached hydrogen (secondary N) is 1. The van der Waals surface area contributed by atoms with Crippen molar-refractivity contribution in [3.63, 3.8) is 0 Å². The topological polar surface area (TPSA) is 73.1 Å². The Labute approximate surface area is 167 Å². The molecule has 154 valence electrons. The van der Waals surface area contributed by atoms with Crippen molar-refractivity contribution in [1.82, 2.24) is 9.13 Å². The molecule has 6 nitrogen and oxygen atoms in total. The van der Waals surface area contributed by atoms with Gasteiger partial charge >= 0.3 is 11.9 Å². The smallest absolute Gasteiger partial charge is 0.324 e. The van der Waals surface area contributed by atoms with E-state index in [-0.39, 0.29) is 18.0 Å². The van der Waals surface area contributed by atoms with Gasteiger partial charge in [-0.3, -0.25) is 18.7 Å². The summed E-state index contributed by atoms with van der Waals surface area (Å²) < 4.78 is 41.9. The van der Waals surface area contributed by atoms with Gasteiger partial charge in [0.15, 0.2) is 0 Å². The predicted molar refractivity (Wildman–Crippen MR) is 105 cm³/mol. The van der Waals surface area contributed by atoms with Crippen molar-refractivity contribution >= 4 is 33.1 Å². The molecule has 0 aliphatic heterocycles. The number of rotatable bonds is 5. The SMILES string of the molecule is CC(C)Cn1c(=O)c2sccc2n(CC(=O)Nc2ccccc2C(F)(F)F)c1=O. The Morgan fingerprint density at radius 3 is 2.48 bits per heavy atom. The molecule has 1 amide bonds. The first-order chi connectivity index (χ1) is 13.6. The maximum Gasteiger partial charge on any atom is 0.418 e. The van der Waals surface area contributed by atoms with Crippen LogP contribution in [-0.2, 0) is 24.1 Å². The van der Waals surface area contributed by atoms with Gasteiger partial charge in [-0.25, -0.2) is 4.79 Å². The molecule has 0 bridgehead atoms. The lowest BCUT2D eigenvalue weighted by molar-refractivity contribution is -0.137. The van der Waals surface area contributed by atoms with Crippen LogP contribution in [0.15, 0.2) is 45.3 Å². The molecule has 0 fully saturated rings. The van der Waals surface area contributed by atoms with Gasteiger partial charge in [0.25, 0.3) is 5.56 Å². The van der Waals surface area contributed by atoms with Crippen LogP contribution in [0.2, 0.25) is 0 Å². The molecular formula is C19H18F3N3O3S. The van der Waals surface area contributed by atoms with Gasteiger partial charge in [0.05, 0.1) is 16.8 Å². The lowest BCUT2D eigenvalue weighted by atomic mass is 10.1. The molecule has 3 rings (SSSR count). The number of amides is 1. The minimum atomic E-state index is -4.63. The molecule has 3 aromatic rings. The summed E-state index contributed by atoms with van der Waals surface area (Å²) in [6, 6.07) is 6.14. The van der Waals surface area contributed by atoms with Gasteiger partial charge in [-0.05, 0) is 29.5 Å². The average molecular weight is 425 g/mol. The van der Waals surface area contributed by atoms with Crippen LogP contribution in [0.1, 0.15) is 19.4 Å². The van der Waals surface area contributed by atoms with Crippen molar-refractivity contribution < 1.29 is 18.0 Å². The Balaban J connectivity index is 1.99. The van der Waals surface area contributed by atoms with E-state index >= 15 is 0 Å². The minimum Gasteiger partial charge on any atom is -0.324 e. The van der Waals surface area contributed by atoms with E-state index in [2.05, 4.69) is 5.32 Å². The first-order valence-electron chi connectivity index (χ1n) is 8.76. The Kier molecular flexibility index (Phi) is 5.65. The van der Waals surface area contributed by atoms with E-state index in [1.807, 2.05) is 13.8 Å². The van der Waals surface area contributed by atoms with Crippen LogP contribution in [0.25, 0.3) is 10.2 Å². The highest BCUT2D eigenvalue weighted by atomic mass is 32.1. The molecule has 29 heavy (non-hydrogen) atoms. The van der Waals surface area contributed by atoms with E-state index in [1.165, 1.54) is 12.1 Å². The number of hydrogen-bond acceptors (Lipinski definition) is 4. The van der Waals surface area contributed by atoms with Crippen molar-refractivity contribution in [3.8, 4) is 0 Å². The summed E-state index contributed by atoms with van der Waals surface area (Å²) in [7, 11) is 0. The molecule has 0 aliphatic carbocycles. The molecule has 2 heterocycles. The summed E-state index contributed by atoms with van der Waals surface area (Å²) in [5.74, 6) is -0.787. The average Bonchev–Trinajstić information content (AvgIpc) is 3.11. The number of benzene rings is 1. The fraction of sp³-hybridized carbons (Fsp3) is 0.316. The molecule has 0 saturated heterocycles. The number of aromatic nitrogens is 2. The molecule has 0 spiro atoms. The number of halogens is 3. The Bertz CT molecular complexity index is 1180. The minimum absolute atomic E-state index is 0.0127. The van der Waals surface area contributed by atoms with Crippen molar-refractivity contribution in [3.05, 3.63) is 62.1 Å². The Hall–Kier alpha value is -2.88. The summed E-state index contributed by atoms with van der Waals surface area (Å²) in [6.45, 7) is 3.34. The van der Waals surface area contributed by atoms with Crippen LogP contribution >= 0.6 is 11.3 Å². The molecule has 2 aromatic heterocycles. The summed E-state index contributed by atoms with van der Waals surface area (Å²) in [5.41, 5.74) is -2.20. The molecule has 0 aliphatic rings. The quantitative estimate of drug-likeness (QED) is 0.680. The van der Waals surface area contributed by atoms with E-state index in [1.54, 1.807) is 11.4 Å². The standard InChI is InChI=1S/C19H18F3N3O3S/c1-11(2)9-25-17(27)16-14(7-8-29-16)24(18(25)28)10-15(26)23-13-6-4-3-5-12(13)19(20,21)22/h3-8,11H,9-10H2,1-2H3,(H,23,26). The zero-order valence-electron chi connectivity index (χ0n) is 15.6. The number of para-hydroxylation sites is 1. The largest absolute Gasteiger partial charge is 0.418 e. The number of thiophene rings is 1. The van der Waals surface area contributed by atoms with Gasteiger partial charge in [-0.1, -0.05) is 26.0 Å². The van der Waals surface area contributed by atoms with Crippen molar-refractivity contribution in [2.75, 3.05) is 5.32 Å². The molecule has 1 N–H and O–H groups in total. The fourth-order valence-corrected chi connectivity index (χ4v) is 3.83. The Morgan fingerprint density at radius 1 is 1.14 bits per heavy atom. The Morgan fingerprint density at radius 2 is 1.83 bits per heavy atom. The summed E-state index contributed by atoms with van der Waals surface area (Å²) in [6.07, 6.45) is -4.63. The number of nitrogens with zero attached hydrogens (tertiary/aromatic N) is 2. The third kappa shape index (κ3) is 4.26. The fourth-order valence-electron chi connectivity index (χ4n) is 2.98. The van der Waals surface area contributed by atoms with Gasteiger partial charge in [0.2, 0.25) is 5.91 Å². The van der Waals surface area contributed by atoms with Gasteiger partial charge < -0.3 is 5.32 Å². The highest BCUT2D eigenvalue weighted by Crippen LogP contribution is 2.34. The van der Waals surface area contributed by atoms with Gasteiger partial charge in [0, 0.05) is 6.54 Å². The summed E-state index contributed by atoms with van der Waals surface area (Å²) >= 11 is 1.14. The van der Waals surface area contributed by atoms with Crippen LogP contribution in [0.4, 0.5) is 18.9 Å². The lowest BCUT2D eigenvalue weighted by Gasteiger charge is -2.15. The van der Waals surface area contributed by atoms with Crippen LogP contribution < -0.4 is 16.6 Å². The number of hydrogen-bond donors (Lipinski definition) is 1. The van der Waals surface area contributed by atoms with Gasteiger partial charge in [0.1, 0.15) is 11.2 Å².